The molecule has 2 N–H and O–H groups in total. The molecular formula is C16H24O2. The molecule has 3 aliphatic carbocycles. The first-order valence-electron chi connectivity index (χ1n) is 7.52. The molecule has 2 nitrogen and oxygen atoms in total. The summed E-state index contributed by atoms with van der Waals surface area (Å²) in [6.45, 7) is 2.23. The Balaban J connectivity index is 1.94. The van der Waals surface area contributed by atoms with Crippen molar-refractivity contribution in [2.24, 2.45) is 5.92 Å². The third kappa shape index (κ3) is 1.86. The summed E-state index contributed by atoms with van der Waals surface area (Å²) < 4.78 is 0. The maximum Gasteiger partial charge on any atom is 0.0968 e. The molecule has 0 fully saturated rings. The molecule has 0 bridgehead atoms. The molecule has 2 heteroatoms. The van der Waals surface area contributed by atoms with E-state index in [1.54, 1.807) is 0 Å². The van der Waals surface area contributed by atoms with Crippen LogP contribution >= 0.6 is 0 Å². The van der Waals surface area contributed by atoms with Gasteiger partial charge in [0.15, 0.2) is 0 Å². The second kappa shape index (κ2) is 4.82. The molecule has 0 aromatic carbocycles. The molecule has 0 aliphatic heterocycles. The van der Waals surface area contributed by atoms with Gasteiger partial charge in [-0.2, -0.15) is 0 Å². The van der Waals surface area contributed by atoms with E-state index in [0.717, 1.165) is 42.4 Å². The van der Waals surface area contributed by atoms with Crippen molar-refractivity contribution in [3.63, 3.8) is 0 Å². The van der Waals surface area contributed by atoms with Crippen LogP contribution in [0.2, 0.25) is 0 Å². The molecule has 0 aromatic heterocycles. The maximum absolute atomic E-state index is 10.6. The zero-order valence-electron chi connectivity index (χ0n) is 11.3. The monoisotopic (exact) mass is 248 g/mol. The van der Waals surface area contributed by atoms with Crippen LogP contribution in [0.1, 0.15) is 58.3 Å². The number of rotatable bonds is 1. The molecule has 18 heavy (non-hydrogen) atoms. The van der Waals surface area contributed by atoms with Crippen molar-refractivity contribution in [1.82, 2.24) is 0 Å². The standard InChI is InChI=1S/C16H24O2/c1-2-10-7-8-13-14(9-10)16(18)12-6-4-3-5-11(12)15(13)17/h10,15-18H,2-9H2,1H3. The molecular weight excluding hydrogens is 224 g/mol. The van der Waals surface area contributed by atoms with Crippen LogP contribution in [0.15, 0.2) is 22.3 Å². The molecule has 0 radical (unpaired) electrons. The average Bonchev–Trinajstić information content (AvgIpc) is 2.44. The summed E-state index contributed by atoms with van der Waals surface area (Å²) >= 11 is 0. The Morgan fingerprint density at radius 3 is 2.06 bits per heavy atom. The van der Waals surface area contributed by atoms with E-state index in [4.69, 9.17) is 0 Å². The van der Waals surface area contributed by atoms with Crippen molar-refractivity contribution in [3.8, 4) is 0 Å². The highest BCUT2D eigenvalue weighted by Gasteiger charge is 2.37. The van der Waals surface area contributed by atoms with Crippen molar-refractivity contribution in [2.75, 3.05) is 0 Å². The fourth-order valence-corrected chi connectivity index (χ4v) is 4.01. The summed E-state index contributed by atoms with van der Waals surface area (Å²) in [6, 6.07) is 0. The van der Waals surface area contributed by atoms with Crippen LogP contribution in [0, 0.1) is 5.92 Å². The second-order valence-corrected chi connectivity index (χ2v) is 6.13. The van der Waals surface area contributed by atoms with Crippen LogP contribution < -0.4 is 0 Å². The fraction of sp³-hybridized carbons (Fsp3) is 0.750. The first kappa shape index (κ1) is 12.4. The Labute approximate surface area is 109 Å². The van der Waals surface area contributed by atoms with Gasteiger partial charge in [0, 0.05) is 0 Å². The summed E-state index contributed by atoms with van der Waals surface area (Å²) in [6.07, 6.45) is 7.94. The van der Waals surface area contributed by atoms with E-state index in [-0.39, 0.29) is 12.2 Å². The minimum atomic E-state index is -0.368. The normalized spacial score (nSPS) is 36.5. The summed E-state index contributed by atoms with van der Waals surface area (Å²) in [7, 11) is 0. The van der Waals surface area contributed by atoms with Crippen LogP contribution in [0.25, 0.3) is 0 Å². The first-order valence-corrected chi connectivity index (χ1v) is 7.52. The lowest BCUT2D eigenvalue weighted by Crippen LogP contribution is -2.34. The quantitative estimate of drug-likeness (QED) is 0.700. The summed E-state index contributed by atoms with van der Waals surface area (Å²) in [5, 5.41) is 21.2. The van der Waals surface area contributed by atoms with E-state index in [1.807, 2.05) is 0 Å². The molecule has 3 atom stereocenters. The van der Waals surface area contributed by atoms with Crippen molar-refractivity contribution in [1.29, 1.82) is 0 Å². The molecule has 3 unspecified atom stereocenters. The third-order valence-corrected chi connectivity index (χ3v) is 5.20. The minimum absolute atomic E-state index is 0.364. The van der Waals surface area contributed by atoms with E-state index in [2.05, 4.69) is 6.92 Å². The largest absolute Gasteiger partial charge is 0.384 e. The molecule has 0 heterocycles. The lowest BCUT2D eigenvalue weighted by molar-refractivity contribution is 0.171. The van der Waals surface area contributed by atoms with Crippen molar-refractivity contribution in [2.45, 2.75) is 70.5 Å². The van der Waals surface area contributed by atoms with Crippen LogP contribution in [-0.2, 0) is 0 Å². The van der Waals surface area contributed by atoms with Gasteiger partial charge in [-0.15, -0.1) is 0 Å². The Morgan fingerprint density at radius 1 is 0.889 bits per heavy atom. The second-order valence-electron chi connectivity index (χ2n) is 6.13. The summed E-state index contributed by atoms with van der Waals surface area (Å²) in [5.41, 5.74) is 4.64. The molecule has 0 spiro atoms. The van der Waals surface area contributed by atoms with Crippen molar-refractivity contribution in [3.05, 3.63) is 22.3 Å². The highest BCUT2D eigenvalue weighted by molar-refractivity contribution is 5.45. The van der Waals surface area contributed by atoms with E-state index in [0.29, 0.717) is 5.92 Å². The van der Waals surface area contributed by atoms with Gasteiger partial charge in [-0.1, -0.05) is 13.3 Å². The fourth-order valence-electron chi connectivity index (χ4n) is 4.01. The third-order valence-electron chi connectivity index (χ3n) is 5.20. The van der Waals surface area contributed by atoms with Gasteiger partial charge >= 0.3 is 0 Å². The molecule has 0 aromatic rings. The SMILES string of the molecule is CCC1CCC2=C(C1)C(O)C1=C(CCCC1)C2O. The highest BCUT2D eigenvalue weighted by atomic mass is 16.3. The summed E-state index contributed by atoms with van der Waals surface area (Å²) in [5.74, 6) is 0.705. The van der Waals surface area contributed by atoms with E-state index in [1.165, 1.54) is 31.3 Å². The van der Waals surface area contributed by atoms with Gasteiger partial charge in [0.1, 0.15) is 0 Å². The predicted molar refractivity (Wildman–Crippen MR) is 72.2 cm³/mol. The minimum Gasteiger partial charge on any atom is -0.384 e. The van der Waals surface area contributed by atoms with E-state index in [9.17, 15) is 10.2 Å². The van der Waals surface area contributed by atoms with Gasteiger partial charge in [-0.05, 0) is 73.2 Å². The van der Waals surface area contributed by atoms with Gasteiger partial charge < -0.3 is 10.2 Å². The van der Waals surface area contributed by atoms with Crippen LogP contribution in [-0.4, -0.2) is 22.4 Å². The lowest BCUT2D eigenvalue weighted by atomic mass is 9.69. The predicted octanol–water partition coefficient (Wildman–Crippen LogP) is 3.10. The number of hydrogen-bond acceptors (Lipinski definition) is 2. The molecule has 100 valence electrons. The Kier molecular flexibility index (Phi) is 3.33. The Morgan fingerprint density at radius 2 is 1.44 bits per heavy atom. The zero-order chi connectivity index (χ0) is 12.7. The van der Waals surface area contributed by atoms with Gasteiger partial charge in [0.25, 0.3) is 0 Å². The first-order chi connectivity index (χ1) is 8.72. The van der Waals surface area contributed by atoms with Crippen molar-refractivity contribution >= 4 is 0 Å². The molecule has 0 saturated heterocycles. The van der Waals surface area contributed by atoms with Crippen LogP contribution in [0.4, 0.5) is 0 Å². The molecule has 0 amide bonds. The average molecular weight is 248 g/mol. The van der Waals surface area contributed by atoms with Gasteiger partial charge in [-0.3, -0.25) is 0 Å². The zero-order valence-corrected chi connectivity index (χ0v) is 11.3. The lowest BCUT2D eigenvalue weighted by Gasteiger charge is -2.40. The topological polar surface area (TPSA) is 40.5 Å². The Hall–Kier alpha value is -0.600. The van der Waals surface area contributed by atoms with Crippen LogP contribution in [0.5, 0.6) is 0 Å². The summed E-state index contributed by atoms with van der Waals surface area (Å²) in [4.78, 5) is 0. The maximum atomic E-state index is 10.6. The smallest absolute Gasteiger partial charge is 0.0968 e. The van der Waals surface area contributed by atoms with Gasteiger partial charge in [-0.25, -0.2) is 0 Å². The Bertz CT molecular complexity index is 405. The van der Waals surface area contributed by atoms with Crippen molar-refractivity contribution < 1.29 is 10.2 Å². The number of aliphatic hydroxyl groups is 2. The number of aliphatic hydroxyl groups excluding tert-OH is 2. The molecule has 0 saturated carbocycles. The van der Waals surface area contributed by atoms with E-state index < -0.39 is 0 Å². The highest BCUT2D eigenvalue weighted by Crippen LogP contribution is 2.45. The number of hydrogen-bond donors (Lipinski definition) is 2. The van der Waals surface area contributed by atoms with E-state index >= 15 is 0 Å². The van der Waals surface area contributed by atoms with Gasteiger partial charge in [0.05, 0.1) is 12.2 Å². The van der Waals surface area contributed by atoms with Gasteiger partial charge in [0.2, 0.25) is 0 Å². The van der Waals surface area contributed by atoms with Crippen LogP contribution in [0.3, 0.4) is 0 Å². The molecule has 3 aliphatic rings. The molecule has 3 rings (SSSR count).